The number of nitrogens with zero attached hydrogens (tertiary/aromatic N) is 3. The lowest BCUT2D eigenvalue weighted by atomic mass is 9.92. The molecular weight excluding hydrogens is 204 g/mol. The predicted molar refractivity (Wildman–Crippen MR) is 60.7 cm³/mol. The third-order valence-corrected chi connectivity index (χ3v) is 3.22. The summed E-state index contributed by atoms with van der Waals surface area (Å²) in [6.07, 6.45) is 2.45. The van der Waals surface area contributed by atoms with Crippen molar-refractivity contribution in [3.8, 4) is 0 Å². The van der Waals surface area contributed by atoms with Crippen LogP contribution < -0.4 is 5.73 Å². The summed E-state index contributed by atoms with van der Waals surface area (Å²) in [4.78, 5) is 6.59. The molecule has 0 bridgehead atoms. The van der Waals surface area contributed by atoms with Crippen molar-refractivity contribution in [1.82, 2.24) is 15.0 Å². The Morgan fingerprint density at radius 2 is 2.44 bits per heavy atom. The number of likely N-dealkylation sites (tertiary alicyclic amines) is 1. The molecule has 5 heteroatoms. The van der Waals surface area contributed by atoms with Crippen LogP contribution in [-0.4, -0.2) is 34.2 Å². The molecule has 2 rings (SSSR count). The highest BCUT2D eigenvalue weighted by atomic mass is 16.5. The molecule has 1 aromatic rings. The Bertz CT molecular complexity index is 336. The van der Waals surface area contributed by atoms with Gasteiger partial charge in [-0.2, -0.15) is 4.98 Å². The van der Waals surface area contributed by atoms with Crippen LogP contribution in [0, 0.1) is 12.8 Å². The van der Waals surface area contributed by atoms with Crippen LogP contribution in [0.25, 0.3) is 0 Å². The standard InChI is InChI=1S/C11H20N4O/c1-8(12)10-4-3-5-15(6-10)7-11-13-9(2)16-14-11/h8,10H,3-7,12H2,1-2H3. The lowest BCUT2D eigenvalue weighted by Crippen LogP contribution is -2.42. The van der Waals surface area contributed by atoms with Gasteiger partial charge in [-0.1, -0.05) is 5.16 Å². The van der Waals surface area contributed by atoms with Crippen molar-refractivity contribution < 1.29 is 4.52 Å². The SMILES string of the molecule is Cc1nc(CN2CCCC(C(C)N)C2)no1. The van der Waals surface area contributed by atoms with Crippen molar-refractivity contribution in [2.45, 2.75) is 39.3 Å². The van der Waals surface area contributed by atoms with E-state index < -0.39 is 0 Å². The highest BCUT2D eigenvalue weighted by Crippen LogP contribution is 2.19. The quantitative estimate of drug-likeness (QED) is 0.827. The van der Waals surface area contributed by atoms with E-state index in [4.69, 9.17) is 10.3 Å². The fourth-order valence-electron chi connectivity index (χ4n) is 2.27. The van der Waals surface area contributed by atoms with Crippen molar-refractivity contribution in [1.29, 1.82) is 0 Å². The zero-order valence-corrected chi connectivity index (χ0v) is 10.0. The van der Waals surface area contributed by atoms with E-state index in [9.17, 15) is 0 Å². The van der Waals surface area contributed by atoms with Gasteiger partial charge >= 0.3 is 0 Å². The first-order chi connectivity index (χ1) is 7.65. The summed E-state index contributed by atoms with van der Waals surface area (Å²) >= 11 is 0. The molecule has 1 aliphatic heterocycles. The summed E-state index contributed by atoms with van der Waals surface area (Å²) < 4.78 is 4.97. The van der Waals surface area contributed by atoms with Gasteiger partial charge in [0.2, 0.25) is 5.89 Å². The van der Waals surface area contributed by atoms with E-state index in [2.05, 4.69) is 22.0 Å². The Balaban J connectivity index is 1.90. The van der Waals surface area contributed by atoms with Gasteiger partial charge in [-0.3, -0.25) is 4.90 Å². The Kier molecular flexibility index (Phi) is 3.56. The van der Waals surface area contributed by atoms with E-state index in [1.807, 2.05) is 6.92 Å². The number of piperidine rings is 1. The Hall–Kier alpha value is -0.940. The largest absolute Gasteiger partial charge is 0.340 e. The summed E-state index contributed by atoms with van der Waals surface area (Å²) in [7, 11) is 0. The van der Waals surface area contributed by atoms with E-state index >= 15 is 0 Å². The fraction of sp³-hybridized carbons (Fsp3) is 0.818. The van der Waals surface area contributed by atoms with Crippen molar-refractivity contribution in [3.05, 3.63) is 11.7 Å². The molecule has 1 aromatic heterocycles. The number of aromatic nitrogens is 2. The average molecular weight is 224 g/mol. The third-order valence-electron chi connectivity index (χ3n) is 3.22. The van der Waals surface area contributed by atoms with E-state index in [1.165, 1.54) is 12.8 Å². The van der Waals surface area contributed by atoms with E-state index in [-0.39, 0.29) is 6.04 Å². The number of nitrogens with two attached hydrogens (primary N) is 1. The molecule has 2 heterocycles. The maximum absolute atomic E-state index is 5.95. The molecule has 0 saturated carbocycles. The van der Waals surface area contributed by atoms with Gasteiger partial charge in [-0.15, -0.1) is 0 Å². The van der Waals surface area contributed by atoms with Crippen LogP contribution in [0.5, 0.6) is 0 Å². The lowest BCUT2D eigenvalue weighted by Gasteiger charge is -2.33. The Morgan fingerprint density at radius 3 is 3.06 bits per heavy atom. The van der Waals surface area contributed by atoms with E-state index in [0.29, 0.717) is 11.8 Å². The van der Waals surface area contributed by atoms with Crippen LogP contribution in [0.4, 0.5) is 0 Å². The second-order valence-electron chi connectivity index (χ2n) is 4.73. The molecule has 1 aliphatic rings. The molecule has 16 heavy (non-hydrogen) atoms. The zero-order valence-electron chi connectivity index (χ0n) is 10.0. The maximum atomic E-state index is 5.95. The number of hydrogen-bond acceptors (Lipinski definition) is 5. The normalized spacial score (nSPS) is 24.6. The van der Waals surface area contributed by atoms with Gasteiger partial charge in [0, 0.05) is 19.5 Å². The number of hydrogen-bond donors (Lipinski definition) is 1. The van der Waals surface area contributed by atoms with Gasteiger partial charge in [-0.05, 0) is 32.2 Å². The van der Waals surface area contributed by atoms with Crippen LogP contribution in [0.1, 0.15) is 31.5 Å². The topological polar surface area (TPSA) is 68.2 Å². The van der Waals surface area contributed by atoms with Crippen molar-refractivity contribution in [2.24, 2.45) is 11.7 Å². The summed E-state index contributed by atoms with van der Waals surface area (Å²) in [5.74, 6) is 2.01. The van der Waals surface area contributed by atoms with Crippen LogP contribution in [-0.2, 0) is 6.54 Å². The monoisotopic (exact) mass is 224 g/mol. The van der Waals surface area contributed by atoms with Crippen LogP contribution in [0.3, 0.4) is 0 Å². The van der Waals surface area contributed by atoms with Gasteiger partial charge in [0.05, 0.1) is 6.54 Å². The third kappa shape index (κ3) is 2.80. The molecule has 90 valence electrons. The summed E-state index contributed by atoms with van der Waals surface area (Å²) in [6.45, 7) is 6.84. The Labute approximate surface area is 96.0 Å². The van der Waals surface area contributed by atoms with Crippen LogP contribution in [0.2, 0.25) is 0 Å². The van der Waals surface area contributed by atoms with E-state index in [0.717, 1.165) is 25.5 Å². The maximum Gasteiger partial charge on any atom is 0.223 e. The molecule has 5 nitrogen and oxygen atoms in total. The Morgan fingerprint density at radius 1 is 1.62 bits per heavy atom. The molecule has 2 unspecified atom stereocenters. The molecule has 0 radical (unpaired) electrons. The molecule has 0 aromatic carbocycles. The highest BCUT2D eigenvalue weighted by Gasteiger charge is 2.23. The van der Waals surface area contributed by atoms with Crippen molar-refractivity contribution in [3.63, 3.8) is 0 Å². The minimum atomic E-state index is 0.273. The first-order valence-corrected chi connectivity index (χ1v) is 5.92. The summed E-state index contributed by atoms with van der Waals surface area (Å²) in [5, 5.41) is 3.92. The van der Waals surface area contributed by atoms with Gasteiger partial charge < -0.3 is 10.3 Å². The molecule has 0 amide bonds. The molecule has 2 atom stereocenters. The van der Waals surface area contributed by atoms with E-state index in [1.54, 1.807) is 0 Å². The van der Waals surface area contributed by atoms with Crippen LogP contribution >= 0.6 is 0 Å². The number of aryl methyl sites for hydroxylation is 1. The van der Waals surface area contributed by atoms with Gasteiger partial charge in [0.1, 0.15) is 0 Å². The van der Waals surface area contributed by atoms with Gasteiger partial charge in [0.25, 0.3) is 0 Å². The minimum absolute atomic E-state index is 0.273. The molecule has 2 N–H and O–H groups in total. The number of rotatable bonds is 3. The lowest BCUT2D eigenvalue weighted by molar-refractivity contribution is 0.150. The first kappa shape index (κ1) is 11.5. The van der Waals surface area contributed by atoms with Crippen molar-refractivity contribution in [2.75, 3.05) is 13.1 Å². The molecule has 0 spiro atoms. The second kappa shape index (κ2) is 4.93. The van der Waals surface area contributed by atoms with Gasteiger partial charge in [-0.25, -0.2) is 0 Å². The highest BCUT2D eigenvalue weighted by molar-refractivity contribution is 4.86. The zero-order chi connectivity index (χ0) is 11.5. The fourth-order valence-corrected chi connectivity index (χ4v) is 2.27. The predicted octanol–water partition coefficient (Wildman–Crippen LogP) is 0.937. The second-order valence-corrected chi connectivity index (χ2v) is 4.73. The van der Waals surface area contributed by atoms with Crippen LogP contribution in [0.15, 0.2) is 4.52 Å². The molecular formula is C11H20N4O. The minimum Gasteiger partial charge on any atom is -0.340 e. The van der Waals surface area contributed by atoms with Crippen molar-refractivity contribution >= 4 is 0 Å². The van der Waals surface area contributed by atoms with Gasteiger partial charge in [0.15, 0.2) is 5.82 Å². The smallest absolute Gasteiger partial charge is 0.223 e. The molecule has 1 fully saturated rings. The summed E-state index contributed by atoms with van der Waals surface area (Å²) in [6, 6.07) is 0.273. The molecule has 0 aliphatic carbocycles. The average Bonchev–Trinajstić information content (AvgIpc) is 2.64. The molecule has 1 saturated heterocycles. The summed E-state index contributed by atoms with van der Waals surface area (Å²) in [5.41, 5.74) is 5.95. The first-order valence-electron chi connectivity index (χ1n) is 5.92.